The standard InChI is InChI=1S/C18H18O6/c1-3-22-14-9-10-15(16(11-14)23-4-2)18(21)24-13-7-5-12(6-8-13)17(19)20/h5-11H,3-4H2,1-2H3,(H,19,20). The Kier molecular flexibility index (Phi) is 5.78. The van der Waals surface area contributed by atoms with Crippen LogP contribution in [-0.2, 0) is 0 Å². The van der Waals surface area contributed by atoms with Gasteiger partial charge < -0.3 is 19.3 Å². The number of aromatic carboxylic acids is 1. The van der Waals surface area contributed by atoms with Crippen LogP contribution in [0.1, 0.15) is 34.6 Å². The highest BCUT2D eigenvalue weighted by atomic mass is 16.5. The van der Waals surface area contributed by atoms with Crippen molar-refractivity contribution in [2.75, 3.05) is 13.2 Å². The third-order valence-electron chi connectivity index (χ3n) is 3.10. The zero-order valence-electron chi connectivity index (χ0n) is 13.4. The van der Waals surface area contributed by atoms with Crippen LogP contribution in [0.2, 0.25) is 0 Å². The molecule has 2 aromatic carbocycles. The fourth-order valence-corrected chi connectivity index (χ4v) is 2.03. The fourth-order valence-electron chi connectivity index (χ4n) is 2.03. The highest BCUT2D eigenvalue weighted by Gasteiger charge is 2.16. The van der Waals surface area contributed by atoms with Gasteiger partial charge in [0.25, 0.3) is 0 Å². The summed E-state index contributed by atoms with van der Waals surface area (Å²) >= 11 is 0. The van der Waals surface area contributed by atoms with Crippen LogP contribution in [0.15, 0.2) is 42.5 Å². The number of ether oxygens (including phenoxy) is 3. The van der Waals surface area contributed by atoms with E-state index in [0.717, 1.165) is 0 Å². The topological polar surface area (TPSA) is 82.1 Å². The number of carboxylic acid groups (broad SMARTS) is 1. The van der Waals surface area contributed by atoms with Gasteiger partial charge in [0, 0.05) is 6.07 Å². The lowest BCUT2D eigenvalue weighted by Gasteiger charge is -2.12. The Bertz CT molecular complexity index is 721. The maximum Gasteiger partial charge on any atom is 0.347 e. The zero-order chi connectivity index (χ0) is 17.5. The van der Waals surface area contributed by atoms with Gasteiger partial charge in [-0.1, -0.05) is 0 Å². The Morgan fingerprint density at radius 2 is 1.54 bits per heavy atom. The Morgan fingerprint density at radius 1 is 0.917 bits per heavy atom. The molecule has 6 heteroatoms. The molecular formula is C18H18O6. The molecule has 0 aliphatic heterocycles. The van der Waals surface area contributed by atoms with E-state index in [2.05, 4.69) is 0 Å². The molecule has 0 heterocycles. The molecule has 0 saturated heterocycles. The van der Waals surface area contributed by atoms with Gasteiger partial charge in [0.1, 0.15) is 22.8 Å². The molecule has 0 bridgehead atoms. The molecule has 2 rings (SSSR count). The molecule has 126 valence electrons. The molecule has 0 aromatic heterocycles. The van der Waals surface area contributed by atoms with Gasteiger partial charge in [-0.3, -0.25) is 0 Å². The molecule has 6 nitrogen and oxygen atoms in total. The predicted octanol–water partition coefficient (Wildman–Crippen LogP) is 3.40. The number of benzene rings is 2. The molecule has 0 spiro atoms. The quantitative estimate of drug-likeness (QED) is 0.619. The lowest BCUT2D eigenvalue weighted by atomic mass is 10.2. The summed E-state index contributed by atoms with van der Waals surface area (Å²) < 4.78 is 16.1. The number of hydrogen-bond acceptors (Lipinski definition) is 5. The molecule has 0 saturated carbocycles. The minimum absolute atomic E-state index is 0.117. The highest BCUT2D eigenvalue weighted by Crippen LogP contribution is 2.26. The highest BCUT2D eigenvalue weighted by molar-refractivity contribution is 5.94. The normalized spacial score (nSPS) is 10.1. The molecule has 0 atom stereocenters. The van der Waals surface area contributed by atoms with E-state index < -0.39 is 11.9 Å². The van der Waals surface area contributed by atoms with Gasteiger partial charge in [-0.05, 0) is 50.2 Å². The second kappa shape index (κ2) is 8.01. The molecule has 1 N–H and O–H groups in total. The first-order valence-electron chi connectivity index (χ1n) is 7.50. The van der Waals surface area contributed by atoms with E-state index in [4.69, 9.17) is 19.3 Å². The van der Waals surface area contributed by atoms with Crippen molar-refractivity contribution in [2.24, 2.45) is 0 Å². The number of esters is 1. The largest absolute Gasteiger partial charge is 0.494 e. The van der Waals surface area contributed by atoms with Crippen molar-refractivity contribution >= 4 is 11.9 Å². The molecule has 0 aliphatic carbocycles. The van der Waals surface area contributed by atoms with Gasteiger partial charge in [-0.15, -0.1) is 0 Å². The van der Waals surface area contributed by atoms with E-state index in [1.807, 2.05) is 13.8 Å². The van der Waals surface area contributed by atoms with Crippen molar-refractivity contribution in [1.29, 1.82) is 0 Å². The molecule has 0 unspecified atom stereocenters. The second-order valence-electron chi connectivity index (χ2n) is 4.74. The number of carboxylic acids is 1. The van der Waals surface area contributed by atoms with Crippen molar-refractivity contribution < 1.29 is 28.9 Å². The van der Waals surface area contributed by atoms with E-state index in [0.29, 0.717) is 24.7 Å². The van der Waals surface area contributed by atoms with E-state index in [-0.39, 0.29) is 16.9 Å². The first-order chi connectivity index (χ1) is 11.5. The summed E-state index contributed by atoms with van der Waals surface area (Å²) in [6, 6.07) is 10.5. The van der Waals surface area contributed by atoms with Crippen molar-refractivity contribution in [2.45, 2.75) is 13.8 Å². The molecule has 0 aliphatic rings. The van der Waals surface area contributed by atoms with Gasteiger partial charge in [0.05, 0.1) is 18.8 Å². The number of carbonyl (C=O) groups excluding carboxylic acids is 1. The number of hydrogen-bond donors (Lipinski definition) is 1. The van der Waals surface area contributed by atoms with Crippen LogP contribution in [0, 0.1) is 0 Å². The summed E-state index contributed by atoms with van der Waals surface area (Å²) in [5, 5.41) is 8.86. The van der Waals surface area contributed by atoms with Crippen LogP contribution < -0.4 is 14.2 Å². The van der Waals surface area contributed by atoms with Gasteiger partial charge in [-0.2, -0.15) is 0 Å². The summed E-state index contributed by atoms with van der Waals surface area (Å²) in [4.78, 5) is 23.2. The van der Waals surface area contributed by atoms with Crippen molar-refractivity contribution in [1.82, 2.24) is 0 Å². The van der Waals surface area contributed by atoms with Gasteiger partial charge in [0.15, 0.2) is 0 Å². The molecule has 0 fully saturated rings. The van der Waals surface area contributed by atoms with E-state index in [9.17, 15) is 9.59 Å². The minimum atomic E-state index is -1.04. The Hall–Kier alpha value is -3.02. The molecular weight excluding hydrogens is 312 g/mol. The predicted molar refractivity (Wildman–Crippen MR) is 87.1 cm³/mol. The Morgan fingerprint density at radius 3 is 2.12 bits per heavy atom. The summed E-state index contributed by atoms with van der Waals surface area (Å²) in [6.45, 7) is 4.57. The first kappa shape index (κ1) is 17.3. The maximum absolute atomic E-state index is 12.3. The van der Waals surface area contributed by atoms with E-state index in [1.165, 1.54) is 24.3 Å². The van der Waals surface area contributed by atoms with Gasteiger partial charge >= 0.3 is 11.9 Å². The SMILES string of the molecule is CCOc1ccc(C(=O)Oc2ccc(C(=O)O)cc2)c(OCC)c1. The summed E-state index contributed by atoms with van der Waals surface area (Å²) in [6.07, 6.45) is 0. The molecule has 2 aromatic rings. The van der Waals surface area contributed by atoms with Crippen molar-refractivity contribution in [3.63, 3.8) is 0 Å². The first-order valence-corrected chi connectivity index (χ1v) is 7.50. The Balaban J connectivity index is 2.20. The third-order valence-corrected chi connectivity index (χ3v) is 3.10. The average Bonchev–Trinajstić information content (AvgIpc) is 2.56. The van der Waals surface area contributed by atoms with Crippen LogP contribution in [0.25, 0.3) is 0 Å². The van der Waals surface area contributed by atoms with Gasteiger partial charge in [-0.25, -0.2) is 9.59 Å². The smallest absolute Gasteiger partial charge is 0.347 e. The van der Waals surface area contributed by atoms with Crippen LogP contribution in [0.3, 0.4) is 0 Å². The average molecular weight is 330 g/mol. The maximum atomic E-state index is 12.3. The van der Waals surface area contributed by atoms with Crippen molar-refractivity contribution in [3.8, 4) is 17.2 Å². The Labute approximate surface area is 139 Å². The fraction of sp³-hybridized carbons (Fsp3) is 0.222. The van der Waals surface area contributed by atoms with E-state index >= 15 is 0 Å². The monoisotopic (exact) mass is 330 g/mol. The lowest BCUT2D eigenvalue weighted by molar-refractivity contribution is 0.0696. The second-order valence-corrected chi connectivity index (χ2v) is 4.74. The summed E-state index contributed by atoms with van der Waals surface area (Å²) in [5.41, 5.74) is 0.383. The van der Waals surface area contributed by atoms with Crippen LogP contribution in [0.5, 0.6) is 17.2 Å². The lowest BCUT2D eigenvalue weighted by Crippen LogP contribution is -2.11. The third kappa shape index (κ3) is 4.25. The number of carbonyl (C=O) groups is 2. The van der Waals surface area contributed by atoms with Crippen molar-refractivity contribution in [3.05, 3.63) is 53.6 Å². The van der Waals surface area contributed by atoms with Gasteiger partial charge in [0.2, 0.25) is 0 Å². The van der Waals surface area contributed by atoms with E-state index in [1.54, 1.807) is 18.2 Å². The molecule has 0 radical (unpaired) electrons. The number of rotatable bonds is 7. The summed E-state index contributed by atoms with van der Waals surface area (Å²) in [5.74, 6) is -0.414. The van der Waals surface area contributed by atoms with Crippen LogP contribution in [-0.4, -0.2) is 30.3 Å². The minimum Gasteiger partial charge on any atom is -0.494 e. The molecule has 24 heavy (non-hydrogen) atoms. The molecule has 0 amide bonds. The zero-order valence-corrected chi connectivity index (χ0v) is 13.4. The van der Waals surface area contributed by atoms with Crippen LogP contribution >= 0.6 is 0 Å². The van der Waals surface area contributed by atoms with Crippen LogP contribution in [0.4, 0.5) is 0 Å². The summed E-state index contributed by atoms with van der Waals surface area (Å²) in [7, 11) is 0.